The smallest absolute Gasteiger partial charge is 0.270 e. The number of rotatable bonds is 6. The Morgan fingerprint density at radius 2 is 2.05 bits per heavy atom. The third-order valence-corrected chi connectivity index (χ3v) is 2.98. The minimum atomic E-state index is -0.199. The van der Waals surface area contributed by atoms with Gasteiger partial charge in [-0.05, 0) is 31.5 Å². The van der Waals surface area contributed by atoms with Crippen molar-refractivity contribution < 1.29 is 9.53 Å². The minimum Gasteiger partial charge on any atom is -0.495 e. The second kappa shape index (κ2) is 7.40. The van der Waals surface area contributed by atoms with Gasteiger partial charge in [0.1, 0.15) is 11.4 Å². The van der Waals surface area contributed by atoms with Gasteiger partial charge in [-0.15, -0.1) is 0 Å². The summed E-state index contributed by atoms with van der Waals surface area (Å²) in [4.78, 5) is 20.6. The third-order valence-electron chi connectivity index (χ3n) is 2.98. The summed E-state index contributed by atoms with van der Waals surface area (Å²) in [7, 11) is 1.60. The van der Waals surface area contributed by atoms with Crippen molar-refractivity contribution in [1.82, 2.24) is 15.3 Å². The van der Waals surface area contributed by atoms with Crippen molar-refractivity contribution in [2.24, 2.45) is 0 Å². The van der Waals surface area contributed by atoms with Gasteiger partial charge in [0.25, 0.3) is 5.91 Å². The van der Waals surface area contributed by atoms with E-state index in [-0.39, 0.29) is 5.91 Å². The molecule has 0 fully saturated rings. The van der Waals surface area contributed by atoms with Crippen LogP contribution < -0.4 is 15.4 Å². The summed E-state index contributed by atoms with van der Waals surface area (Å²) in [6.07, 6.45) is 0.877. The first kappa shape index (κ1) is 15.8. The molecule has 0 saturated carbocycles. The lowest BCUT2D eigenvalue weighted by atomic mass is 10.3. The van der Waals surface area contributed by atoms with E-state index in [0.29, 0.717) is 29.6 Å². The molecular weight excluding hydrogens is 280 g/mol. The number of amides is 1. The van der Waals surface area contributed by atoms with Crippen LogP contribution in [0.25, 0.3) is 0 Å². The fourth-order valence-electron chi connectivity index (χ4n) is 1.94. The van der Waals surface area contributed by atoms with Crippen LogP contribution in [0.2, 0.25) is 0 Å². The van der Waals surface area contributed by atoms with Crippen LogP contribution >= 0.6 is 0 Å². The molecule has 0 unspecified atom stereocenters. The number of hydrogen-bond donors (Lipinski definition) is 2. The summed E-state index contributed by atoms with van der Waals surface area (Å²) in [6.45, 7) is 4.45. The average Bonchev–Trinajstić information content (AvgIpc) is 2.52. The van der Waals surface area contributed by atoms with E-state index in [1.165, 1.54) is 0 Å². The number of benzene rings is 1. The molecule has 0 radical (unpaired) electrons. The molecule has 0 atom stereocenters. The molecule has 0 aliphatic heterocycles. The molecule has 116 valence electrons. The maximum absolute atomic E-state index is 12.0. The molecule has 0 saturated heterocycles. The highest BCUT2D eigenvalue weighted by Crippen LogP contribution is 2.25. The molecule has 0 bridgehead atoms. The zero-order valence-electron chi connectivity index (χ0n) is 13.0. The van der Waals surface area contributed by atoms with E-state index in [1.54, 1.807) is 13.2 Å². The second-order valence-corrected chi connectivity index (χ2v) is 4.80. The summed E-state index contributed by atoms with van der Waals surface area (Å²) in [5.41, 5.74) is 1.81. The largest absolute Gasteiger partial charge is 0.495 e. The van der Waals surface area contributed by atoms with Gasteiger partial charge in [-0.2, -0.15) is 0 Å². The van der Waals surface area contributed by atoms with Crippen LogP contribution in [-0.4, -0.2) is 29.5 Å². The van der Waals surface area contributed by atoms with Gasteiger partial charge in [-0.3, -0.25) is 4.79 Å². The number of aryl methyl sites for hydroxylation is 1. The van der Waals surface area contributed by atoms with E-state index in [0.717, 1.165) is 12.1 Å². The number of hydrogen-bond acceptors (Lipinski definition) is 5. The van der Waals surface area contributed by atoms with Crippen molar-refractivity contribution in [3.63, 3.8) is 0 Å². The Morgan fingerprint density at radius 1 is 1.27 bits per heavy atom. The van der Waals surface area contributed by atoms with E-state index >= 15 is 0 Å². The van der Waals surface area contributed by atoms with Crippen LogP contribution in [0.3, 0.4) is 0 Å². The van der Waals surface area contributed by atoms with E-state index in [1.807, 2.05) is 38.1 Å². The number of para-hydroxylation sites is 2. The van der Waals surface area contributed by atoms with Crippen LogP contribution in [0.15, 0.2) is 30.3 Å². The highest BCUT2D eigenvalue weighted by Gasteiger charge is 2.11. The Labute approximate surface area is 129 Å². The number of carbonyl (C=O) groups is 1. The van der Waals surface area contributed by atoms with Gasteiger partial charge in [-0.25, -0.2) is 9.97 Å². The van der Waals surface area contributed by atoms with Gasteiger partial charge in [0.2, 0.25) is 5.95 Å². The Kier molecular flexibility index (Phi) is 5.30. The van der Waals surface area contributed by atoms with Gasteiger partial charge in [0.05, 0.1) is 12.8 Å². The molecule has 0 aliphatic carbocycles. The van der Waals surface area contributed by atoms with Crippen molar-refractivity contribution in [3.05, 3.63) is 41.7 Å². The molecular formula is C16H20N4O2. The molecule has 2 aromatic rings. The Morgan fingerprint density at radius 3 is 2.77 bits per heavy atom. The molecule has 6 nitrogen and oxygen atoms in total. The normalized spacial score (nSPS) is 10.1. The molecule has 0 aliphatic rings. The number of methoxy groups -OCH3 is 1. The summed E-state index contributed by atoms with van der Waals surface area (Å²) in [5.74, 6) is 0.853. The summed E-state index contributed by atoms with van der Waals surface area (Å²) in [5, 5.41) is 5.90. The third kappa shape index (κ3) is 3.94. The molecule has 6 heteroatoms. The van der Waals surface area contributed by atoms with Crippen LogP contribution in [0.4, 0.5) is 11.6 Å². The first-order valence-corrected chi connectivity index (χ1v) is 7.18. The fraction of sp³-hybridized carbons (Fsp3) is 0.312. The molecule has 1 aromatic carbocycles. The summed E-state index contributed by atoms with van der Waals surface area (Å²) < 4.78 is 5.28. The standard InChI is InChI=1S/C16H20N4O2/c1-4-9-17-15(21)13-10-11(2)18-16(20-13)19-12-7-5-6-8-14(12)22-3/h5-8,10H,4,9H2,1-3H3,(H,17,21)(H,18,19,20). The lowest BCUT2D eigenvalue weighted by molar-refractivity contribution is 0.0948. The van der Waals surface area contributed by atoms with Gasteiger partial charge in [-0.1, -0.05) is 19.1 Å². The highest BCUT2D eigenvalue weighted by molar-refractivity contribution is 5.92. The van der Waals surface area contributed by atoms with Crippen LogP contribution in [0, 0.1) is 6.92 Å². The number of carbonyl (C=O) groups excluding carboxylic acids is 1. The number of ether oxygens (including phenoxy) is 1. The number of nitrogens with zero attached hydrogens (tertiary/aromatic N) is 2. The molecule has 1 aromatic heterocycles. The quantitative estimate of drug-likeness (QED) is 0.857. The van der Waals surface area contributed by atoms with Crippen molar-refractivity contribution in [1.29, 1.82) is 0 Å². The Bertz CT molecular complexity index is 658. The van der Waals surface area contributed by atoms with Gasteiger partial charge in [0, 0.05) is 12.2 Å². The predicted octanol–water partition coefficient (Wildman–Crippen LogP) is 2.68. The van der Waals surface area contributed by atoms with Crippen LogP contribution in [-0.2, 0) is 0 Å². The maximum Gasteiger partial charge on any atom is 0.270 e. The number of anilines is 2. The van der Waals surface area contributed by atoms with Gasteiger partial charge < -0.3 is 15.4 Å². The number of nitrogens with one attached hydrogen (secondary N) is 2. The SMILES string of the molecule is CCCNC(=O)c1cc(C)nc(Nc2ccccc2OC)n1. The Hall–Kier alpha value is -2.63. The second-order valence-electron chi connectivity index (χ2n) is 4.80. The van der Waals surface area contributed by atoms with Gasteiger partial charge >= 0.3 is 0 Å². The van der Waals surface area contributed by atoms with Crippen LogP contribution in [0.1, 0.15) is 29.5 Å². The lowest BCUT2D eigenvalue weighted by Gasteiger charge is -2.11. The van der Waals surface area contributed by atoms with Crippen molar-refractivity contribution in [2.45, 2.75) is 20.3 Å². The molecule has 1 heterocycles. The van der Waals surface area contributed by atoms with E-state index < -0.39 is 0 Å². The summed E-state index contributed by atoms with van der Waals surface area (Å²) in [6, 6.07) is 9.13. The van der Waals surface area contributed by atoms with Crippen molar-refractivity contribution >= 4 is 17.5 Å². The first-order valence-electron chi connectivity index (χ1n) is 7.18. The Balaban J connectivity index is 2.24. The monoisotopic (exact) mass is 300 g/mol. The summed E-state index contributed by atoms with van der Waals surface area (Å²) >= 11 is 0. The van der Waals surface area contributed by atoms with E-state index in [2.05, 4.69) is 20.6 Å². The van der Waals surface area contributed by atoms with Crippen LogP contribution in [0.5, 0.6) is 5.75 Å². The van der Waals surface area contributed by atoms with Crippen molar-refractivity contribution in [3.8, 4) is 5.75 Å². The average molecular weight is 300 g/mol. The first-order chi connectivity index (χ1) is 10.6. The highest BCUT2D eigenvalue weighted by atomic mass is 16.5. The molecule has 2 rings (SSSR count). The predicted molar refractivity (Wildman–Crippen MR) is 85.7 cm³/mol. The zero-order valence-corrected chi connectivity index (χ0v) is 13.0. The fourth-order valence-corrected chi connectivity index (χ4v) is 1.94. The molecule has 22 heavy (non-hydrogen) atoms. The maximum atomic E-state index is 12.0. The van der Waals surface area contributed by atoms with Gasteiger partial charge in [0.15, 0.2) is 0 Å². The lowest BCUT2D eigenvalue weighted by Crippen LogP contribution is -2.25. The van der Waals surface area contributed by atoms with E-state index in [9.17, 15) is 4.79 Å². The topological polar surface area (TPSA) is 76.1 Å². The molecule has 1 amide bonds. The zero-order chi connectivity index (χ0) is 15.9. The minimum absolute atomic E-state index is 0.199. The van der Waals surface area contributed by atoms with Crippen molar-refractivity contribution in [2.75, 3.05) is 19.0 Å². The number of aromatic nitrogens is 2. The molecule has 2 N–H and O–H groups in total. The van der Waals surface area contributed by atoms with E-state index in [4.69, 9.17) is 4.74 Å². The molecule has 0 spiro atoms.